The molecule has 0 aliphatic heterocycles. The van der Waals surface area contributed by atoms with Crippen LogP contribution in [-0.4, -0.2) is 37.1 Å². The van der Waals surface area contributed by atoms with Crippen LogP contribution in [0.15, 0.2) is 0 Å². The highest BCUT2D eigenvalue weighted by Crippen LogP contribution is 2.36. The van der Waals surface area contributed by atoms with Gasteiger partial charge in [-0.1, -0.05) is 6.92 Å². The molecular weight excluding hydrogens is 172 g/mol. The summed E-state index contributed by atoms with van der Waals surface area (Å²) in [5.74, 6) is 0.962. The number of rotatable bonds is 4. The normalized spacial score (nSPS) is 35.1. The first-order chi connectivity index (χ1) is 6.62. The number of nitrogens with zero attached hydrogens (tertiary/aromatic N) is 1. The number of hydrogen-bond donors (Lipinski definition) is 1. The average Bonchev–Trinajstić information content (AvgIpc) is 1.97. The molecule has 0 unspecified atom stereocenters. The van der Waals surface area contributed by atoms with Gasteiger partial charge >= 0.3 is 0 Å². The SMILES string of the molecule is CC1CC(NCC2(N(C)C)CCC2)C1. The van der Waals surface area contributed by atoms with E-state index in [1.54, 1.807) is 0 Å². The summed E-state index contributed by atoms with van der Waals surface area (Å²) in [7, 11) is 4.45. The Bertz CT molecular complexity index is 190. The zero-order chi connectivity index (χ0) is 10.2. The van der Waals surface area contributed by atoms with E-state index in [9.17, 15) is 0 Å². The van der Waals surface area contributed by atoms with Crippen molar-refractivity contribution in [1.82, 2.24) is 10.2 Å². The molecule has 2 saturated carbocycles. The van der Waals surface area contributed by atoms with E-state index in [-0.39, 0.29) is 0 Å². The molecule has 1 N–H and O–H groups in total. The van der Waals surface area contributed by atoms with Crippen molar-refractivity contribution in [2.24, 2.45) is 5.92 Å². The lowest BCUT2D eigenvalue weighted by Gasteiger charge is -2.49. The van der Waals surface area contributed by atoms with Gasteiger partial charge in [-0.3, -0.25) is 0 Å². The van der Waals surface area contributed by atoms with Crippen LogP contribution < -0.4 is 5.32 Å². The van der Waals surface area contributed by atoms with Crippen molar-refractivity contribution >= 4 is 0 Å². The predicted molar refractivity (Wildman–Crippen MR) is 60.5 cm³/mol. The summed E-state index contributed by atoms with van der Waals surface area (Å²) in [6, 6.07) is 0.822. The van der Waals surface area contributed by atoms with Crippen molar-refractivity contribution in [3.8, 4) is 0 Å². The summed E-state index contributed by atoms with van der Waals surface area (Å²) in [6.45, 7) is 3.56. The fourth-order valence-electron chi connectivity index (χ4n) is 2.77. The molecule has 2 aliphatic rings. The van der Waals surface area contributed by atoms with E-state index in [1.807, 2.05) is 0 Å². The molecule has 0 heterocycles. The van der Waals surface area contributed by atoms with Crippen molar-refractivity contribution in [1.29, 1.82) is 0 Å². The third-order valence-electron chi connectivity index (χ3n) is 4.33. The van der Waals surface area contributed by atoms with E-state index < -0.39 is 0 Å². The lowest BCUT2D eigenvalue weighted by Crippen LogP contribution is -2.58. The molecule has 0 aromatic carbocycles. The summed E-state index contributed by atoms with van der Waals surface area (Å²) in [6.07, 6.45) is 6.97. The number of hydrogen-bond acceptors (Lipinski definition) is 2. The summed E-state index contributed by atoms with van der Waals surface area (Å²) in [4.78, 5) is 2.42. The van der Waals surface area contributed by atoms with E-state index in [1.165, 1.54) is 38.6 Å². The number of likely N-dealkylation sites (N-methyl/N-ethyl adjacent to an activating group) is 1. The Morgan fingerprint density at radius 3 is 2.29 bits per heavy atom. The zero-order valence-corrected chi connectivity index (χ0v) is 9.84. The van der Waals surface area contributed by atoms with Crippen molar-refractivity contribution in [2.75, 3.05) is 20.6 Å². The zero-order valence-electron chi connectivity index (χ0n) is 9.84. The van der Waals surface area contributed by atoms with Gasteiger partial charge in [-0.25, -0.2) is 0 Å². The second-order valence-corrected chi connectivity index (χ2v) is 5.63. The summed E-state index contributed by atoms with van der Waals surface area (Å²) < 4.78 is 0. The van der Waals surface area contributed by atoms with E-state index in [0.29, 0.717) is 5.54 Å². The van der Waals surface area contributed by atoms with Crippen LogP contribution in [0.5, 0.6) is 0 Å². The smallest absolute Gasteiger partial charge is 0.0328 e. The molecule has 14 heavy (non-hydrogen) atoms. The largest absolute Gasteiger partial charge is 0.312 e. The van der Waals surface area contributed by atoms with Crippen molar-refractivity contribution in [2.45, 2.75) is 50.6 Å². The van der Waals surface area contributed by atoms with E-state index in [2.05, 4.69) is 31.2 Å². The van der Waals surface area contributed by atoms with Crippen molar-refractivity contribution < 1.29 is 0 Å². The molecule has 0 atom stereocenters. The lowest BCUT2D eigenvalue weighted by molar-refractivity contribution is 0.0505. The Morgan fingerprint density at radius 1 is 1.29 bits per heavy atom. The first kappa shape index (κ1) is 10.4. The predicted octanol–water partition coefficient (Wildman–Crippen LogP) is 1.86. The second kappa shape index (κ2) is 3.82. The lowest BCUT2D eigenvalue weighted by atomic mass is 9.74. The molecule has 2 aliphatic carbocycles. The maximum Gasteiger partial charge on any atom is 0.0328 e. The van der Waals surface area contributed by atoms with Gasteiger partial charge in [0.2, 0.25) is 0 Å². The minimum atomic E-state index is 0.499. The Kier molecular flexibility index (Phi) is 2.85. The molecule has 0 aromatic heterocycles. The van der Waals surface area contributed by atoms with E-state index in [4.69, 9.17) is 0 Å². The quantitative estimate of drug-likeness (QED) is 0.738. The molecular formula is C12H24N2. The third kappa shape index (κ3) is 1.82. The fourth-order valence-corrected chi connectivity index (χ4v) is 2.77. The van der Waals surface area contributed by atoms with Gasteiger partial charge in [-0.2, -0.15) is 0 Å². The maximum absolute atomic E-state index is 3.73. The van der Waals surface area contributed by atoms with Crippen LogP contribution in [0.3, 0.4) is 0 Å². The Morgan fingerprint density at radius 2 is 1.93 bits per heavy atom. The van der Waals surface area contributed by atoms with Crippen LogP contribution in [0, 0.1) is 5.92 Å². The Hall–Kier alpha value is -0.0800. The highest BCUT2D eigenvalue weighted by molar-refractivity contribution is 4.99. The minimum Gasteiger partial charge on any atom is -0.312 e. The molecule has 0 spiro atoms. The molecule has 0 bridgehead atoms. The standard InChI is InChI=1S/C12H24N2/c1-10-7-11(8-10)13-9-12(14(2)3)5-4-6-12/h10-11,13H,4-9H2,1-3H3. The van der Waals surface area contributed by atoms with Crippen LogP contribution in [-0.2, 0) is 0 Å². The molecule has 2 heteroatoms. The minimum absolute atomic E-state index is 0.499. The van der Waals surface area contributed by atoms with Crippen LogP contribution >= 0.6 is 0 Å². The van der Waals surface area contributed by atoms with E-state index >= 15 is 0 Å². The Labute approximate surface area is 88.1 Å². The van der Waals surface area contributed by atoms with Gasteiger partial charge in [-0.15, -0.1) is 0 Å². The fraction of sp³-hybridized carbons (Fsp3) is 1.00. The van der Waals surface area contributed by atoms with Gasteiger partial charge in [0.25, 0.3) is 0 Å². The van der Waals surface area contributed by atoms with Crippen molar-refractivity contribution in [3.63, 3.8) is 0 Å². The molecule has 2 fully saturated rings. The van der Waals surface area contributed by atoms with E-state index in [0.717, 1.165) is 12.0 Å². The van der Waals surface area contributed by atoms with Gasteiger partial charge in [0.05, 0.1) is 0 Å². The van der Waals surface area contributed by atoms with Gasteiger partial charge < -0.3 is 10.2 Å². The highest BCUT2D eigenvalue weighted by atomic mass is 15.2. The second-order valence-electron chi connectivity index (χ2n) is 5.63. The molecule has 2 nitrogen and oxygen atoms in total. The first-order valence-electron chi connectivity index (χ1n) is 6.03. The molecule has 0 saturated heterocycles. The first-order valence-corrected chi connectivity index (χ1v) is 6.03. The monoisotopic (exact) mass is 196 g/mol. The summed E-state index contributed by atoms with van der Waals surface area (Å²) in [5, 5.41) is 3.73. The maximum atomic E-state index is 3.73. The third-order valence-corrected chi connectivity index (χ3v) is 4.33. The summed E-state index contributed by atoms with van der Waals surface area (Å²) >= 11 is 0. The summed E-state index contributed by atoms with van der Waals surface area (Å²) in [5.41, 5.74) is 0.499. The van der Waals surface area contributed by atoms with Crippen LogP contribution in [0.4, 0.5) is 0 Å². The van der Waals surface area contributed by atoms with Gasteiger partial charge in [0, 0.05) is 18.1 Å². The molecule has 0 amide bonds. The van der Waals surface area contributed by atoms with Gasteiger partial charge in [-0.05, 0) is 52.1 Å². The molecule has 0 aromatic rings. The van der Waals surface area contributed by atoms with Crippen LogP contribution in [0.25, 0.3) is 0 Å². The Balaban J connectivity index is 1.73. The highest BCUT2D eigenvalue weighted by Gasteiger charge is 2.39. The van der Waals surface area contributed by atoms with Crippen LogP contribution in [0.2, 0.25) is 0 Å². The van der Waals surface area contributed by atoms with Crippen LogP contribution in [0.1, 0.15) is 39.0 Å². The molecule has 82 valence electrons. The van der Waals surface area contributed by atoms with Gasteiger partial charge in [0.1, 0.15) is 0 Å². The molecule has 0 radical (unpaired) electrons. The number of nitrogens with one attached hydrogen (secondary N) is 1. The molecule has 2 rings (SSSR count). The topological polar surface area (TPSA) is 15.3 Å². The average molecular weight is 196 g/mol. The van der Waals surface area contributed by atoms with Crippen molar-refractivity contribution in [3.05, 3.63) is 0 Å². The van der Waals surface area contributed by atoms with Gasteiger partial charge in [0.15, 0.2) is 0 Å².